The Labute approximate surface area is 124 Å². The highest BCUT2D eigenvalue weighted by Gasteiger charge is 2.19. The number of nitrogens with one attached hydrogen (secondary N) is 1. The second-order valence-electron chi connectivity index (χ2n) is 4.15. The van der Waals surface area contributed by atoms with Crippen LogP contribution in [0.5, 0.6) is 0 Å². The first-order valence-electron chi connectivity index (χ1n) is 5.77. The summed E-state index contributed by atoms with van der Waals surface area (Å²) in [6.07, 6.45) is 0.540. The minimum Gasteiger partial charge on any atom is -0.271 e. The number of nitrogens with two attached hydrogens (primary N) is 1. The molecule has 0 saturated carbocycles. The first-order chi connectivity index (χ1) is 9.13. The molecule has 1 unspecified atom stereocenters. The molecule has 3 N–H and O–H groups in total. The summed E-state index contributed by atoms with van der Waals surface area (Å²) < 4.78 is 14.9. The van der Waals surface area contributed by atoms with Gasteiger partial charge in [0.15, 0.2) is 0 Å². The van der Waals surface area contributed by atoms with Crippen LogP contribution in [0.1, 0.15) is 17.2 Å². The predicted octanol–water partition coefficient (Wildman–Crippen LogP) is 3.99. The SMILES string of the molecule is NNC(Cc1ccccc1Br)c1c(F)cccc1Cl. The van der Waals surface area contributed by atoms with E-state index in [1.165, 1.54) is 6.07 Å². The number of halogens is 3. The van der Waals surface area contributed by atoms with Crippen molar-refractivity contribution in [2.75, 3.05) is 0 Å². The monoisotopic (exact) mass is 342 g/mol. The van der Waals surface area contributed by atoms with Gasteiger partial charge in [-0.15, -0.1) is 0 Å². The number of benzene rings is 2. The van der Waals surface area contributed by atoms with Crippen molar-refractivity contribution < 1.29 is 4.39 Å². The summed E-state index contributed by atoms with van der Waals surface area (Å²) in [5.74, 6) is 5.19. The fraction of sp³-hybridized carbons (Fsp3) is 0.143. The molecule has 2 aromatic rings. The molecule has 0 saturated heterocycles. The number of hydrazine groups is 1. The highest BCUT2D eigenvalue weighted by molar-refractivity contribution is 9.10. The van der Waals surface area contributed by atoms with Gasteiger partial charge in [0.25, 0.3) is 0 Å². The minimum absolute atomic E-state index is 0.359. The molecule has 0 aliphatic heterocycles. The molecule has 2 rings (SSSR count). The Kier molecular flexibility index (Phi) is 4.93. The number of rotatable bonds is 4. The third-order valence-electron chi connectivity index (χ3n) is 2.93. The Morgan fingerprint density at radius 2 is 1.95 bits per heavy atom. The minimum atomic E-state index is -0.382. The Bertz CT molecular complexity index is 557. The van der Waals surface area contributed by atoms with E-state index in [4.69, 9.17) is 17.4 Å². The number of hydrogen-bond donors (Lipinski definition) is 2. The zero-order valence-corrected chi connectivity index (χ0v) is 12.4. The summed E-state index contributed by atoms with van der Waals surface area (Å²) in [4.78, 5) is 0. The maximum Gasteiger partial charge on any atom is 0.129 e. The number of hydrogen-bond acceptors (Lipinski definition) is 2. The average molecular weight is 344 g/mol. The lowest BCUT2D eigenvalue weighted by molar-refractivity contribution is 0.510. The average Bonchev–Trinajstić information content (AvgIpc) is 2.39. The fourth-order valence-corrected chi connectivity index (χ4v) is 2.71. The second kappa shape index (κ2) is 6.48. The summed E-state index contributed by atoms with van der Waals surface area (Å²) in [6.45, 7) is 0. The summed E-state index contributed by atoms with van der Waals surface area (Å²) in [5.41, 5.74) is 4.05. The molecule has 0 heterocycles. The Morgan fingerprint density at radius 1 is 1.21 bits per heavy atom. The van der Waals surface area contributed by atoms with E-state index in [0.717, 1.165) is 10.0 Å². The Morgan fingerprint density at radius 3 is 2.58 bits per heavy atom. The molecule has 0 spiro atoms. The van der Waals surface area contributed by atoms with Gasteiger partial charge in [-0.3, -0.25) is 11.3 Å². The predicted molar refractivity (Wildman–Crippen MR) is 79.3 cm³/mol. The fourth-order valence-electron chi connectivity index (χ4n) is 1.97. The molecule has 0 aliphatic rings. The van der Waals surface area contributed by atoms with Crippen molar-refractivity contribution in [3.8, 4) is 0 Å². The first-order valence-corrected chi connectivity index (χ1v) is 6.94. The third kappa shape index (κ3) is 3.34. The van der Waals surface area contributed by atoms with Crippen LogP contribution in [-0.4, -0.2) is 0 Å². The molecule has 0 aromatic heterocycles. The molecule has 5 heteroatoms. The smallest absolute Gasteiger partial charge is 0.129 e. The van der Waals surface area contributed by atoms with Gasteiger partial charge in [-0.05, 0) is 30.2 Å². The zero-order chi connectivity index (χ0) is 13.8. The van der Waals surface area contributed by atoms with Gasteiger partial charge < -0.3 is 0 Å². The van der Waals surface area contributed by atoms with Crippen molar-refractivity contribution in [2.45, 2.75) is 12.5 Å². The summed E-state index contributed by atoms with van der Waals surface area (Å²) in [5, 5.41) is 0.370. The van der Waals surface area contributed by atoms with Crippen LogP contribution in [0, 0.1) is 5.82 Å². The molecule has 0 aliphatic carbocycles. The van der Waals surface area contributed by atoms with Crippen LogP contribution in [0.25, 0.3) is 0 Å². The van der Waals surface area contributed by atoms with Gasteiger partial charge in [-0.25, -0.2) is 4.39 Å². The lowest BCUT2D eigenvalue weighted by Crippen LogP contribution is -2.30. The van der Waals surface area contributed by atoms with E-state index < -0.39 is 0 Å². The third-order valence-corrected chi connectivity index (χ3v) is 4.03. The molecule has 0 bridgehead atoms. The van der Waals surface area contributed by atoms with Crippen LogP contribution in [-0.2, 0) is 6.42 Å². The highest BCUT2D eigenvalue weighted by Crippen LogP contribution is 2.29. The second-order valence-corrected chi connectivity index (χ2v) is 5.41. The van der Waals surface area contributed by atoms with E-state index in [-0.39, 0.29) is 11.9 Å². The van der Waals surface area contributed by atoms with E-state index in [1.807, 2.05) is 24.3 Å². The lowest BCUT2D eigenvalue weighted by Gasteiger charge is -2.19. The highest BCUT2D eigenvalue weighted by atomic mass is 79.9. The van der Waals surface area contributed by atoms with Crippen molar-refractivity contribution in [3.63, 3.8) is 0 Å². The van der Waals surface area contributed by atoms with Gasteiger partial charge in [-0.2, -0.15) is 0 Å². The van der Waals surface area contributed by atoms with E-state index in [9.17, 15) is 4.39 Å². The van der Waals surface area contributed by atoms with E-state index in [0.29, 0.717) is 17.0 Å². The molecule has 100 valence electrons. The molecular formula is C14H13BrClFN2. The van der Waals surface area contributed by atoms with Crippen molar-refractivity contribution >= 4 is 27.5 Å². The van der Waals surface area contributed by atoms with Crippen molar-refractivity contribution in [2.24, 2.45) is 5.84 Å². The molecule has 19 heavy (non-hydrogen) atoms. The van der Waals surface area contributed by atoms with Crippen LogP contribution in [0.4, 0.5) is 4.39 Å². The normalized spacial score (nSPS) is 12.4. The van der Waals surface area contributed by atoms with E-state index in [2.05, 4.69) is 21.4 Å². The molecular weight excluding hydrogens is 331 g/mol. The largest absolute Gasteiger partial charge is 0.271 e. The van der Waals surface area contributed by atoms with Crippen LogP contribution in [0.2, 0.25) is 5.02 Å². The quantitative estimate of drug-likeness (QED) is 0.651. The van der Waals surface area contributed by atoms with Crippen molar-refractivity contribution in [3.05, 3.63) is 68.9 Å². The molecule has 0 fully saturated rings. The summed E-state index contributed by atoms with van der Waals surface area (Å²) in [7, 11) is 0. The lowest BCUT2D eigenvalue weighted by atomic mass is 9.99. The van der Waals surface area contributed by atoms with Gasteiger partial charge >= 0.3 is 0 Å². The van der Waals surface area contributed by atoms with Crippen molar-refractivity contribution in [1.29, 1.82) is 0 Å². The van der Waals surface area contributed by atoms with Crippen LogP contribution >= 0.6 is 27.5 Å². The Hall–Kier alpha value is -0.940. The van der Waals surface area contributed by atoms with Crippen molar-refractivity contribution in [1.82, 2.24) is 5.43 Å². The topological polar surface area (TPSA) is 38.0 Å². The first kappa shape index (κ1) is 14.5. The van der Waals surface area contributed by atoms with Gasteiger partial charge in [0.2, 0.25) is 0 Å². The maximum atomic E-state index is 13.9. The maximum absolute atomic E-state index is 13.9. The van der Waals surface area contributed by atoms with Crippen LogP contribution in [0.15, 0.2) is 46.9 Å². The molecule has 0 amide bonds. The molecule has 0 radical (unpaired) electrons. The Balaban J connectivity index is 2.34. The van der Waals surface area contributed by atoms with Gasteiger partial charge in [0, 0.05) is 15.1 Å². The van der Waals surface area contributed by atoms with E-state index >= 15 is 0 Å². The summed E-state index contributed by atoms with van der Waals surface area (Å²) >= 11 is 9.53. The molecule has 2 nitrogen and oxygen atoms in total. The van der Waals surface area contributed by atoms with Gasteiger partial charge in [0.1, 0.15) is 5.82 Å². The van der Waals surface area contributed by atoms with Crippen LogP contribution in [0.3, 0.4) is 0 Å². The van der Waals surface area contributed by atoms with Crippen LogP contribution < -0.4 is 11.3 Å². The zero-order valence-electron chi connectivity index (χ0n) is 10.0. The summed E-state index contributed by atoms with van der Waals surface area (Å²) in [6, 6.07) is 12.0. The molecule has 1 atom stereocenters. The standard InChI is InChI=1S/C14H13BrClFN2/c15-10-5-2-1-4-9(10)8-13(19-18)14-11(16)6-3-7-12(14)17/h1-7,13,19H,8,18H2. The molecule has 2 aromatic carbocycles. The van der Waals surface area contributed by atoms with E-state index in [1.54, 1.807) is 12.1 Å². The van der Waals surface area contributed by atoms with Gasteiger partial charge in [0.05, 0.1) is 6.04 Å². The van der Waals surface area contributed by atoms with Gasteiger partial charge in [-0.1, -0.05) is 51.8 Å².